The molecular formula is C18H16N2O3S. The number of benzene rings is 1. The second-order valence-electron chi connectivity index (χ2n) is 5.74. The molecule has 1 amide bonds. The van der Waals surface area contributed by atoms with Crippen LogP contribution >= 0.6 is 11.3 Å². The fraction of sp³-hybridized carbons (Fsp3) is 0.222. The lowest BCUT2D eigenvalue weighted by Gasteiger charge is -2.06. The molecule has 6 heteroatoms. The molecular weight excluding hydrogens is 324 g/mol. The maximum absolute atomic E-state index is 11.7. The van der Waals surface area contributed by atoms with Crippen molar-refractivity contribution in [2.24, 2.45) is 5.92 Å². The standard InChI is InChI=1S/C18H16N2O3S/c21-18(12-3-4-12)19-13-5-7-15(8-6-13)22-11-14-10-16(23-20-14)17-2-1-9-24-17/h1-2,5-10,12H,3-4,11H2,(H,19,21). The number of carbonyl (C=O) groups excluding carboxylic acids is 1. The van der Waals surface area contributed by atoms with Crippen LogP contribution in [0.5, 0.6) is 5.75 Å². The van der Waals surface area contributed by atoms with E-state index in [9.17, 15) is 4.79 Å². The van der Waals surface area contributed by atoms with Crippen LogP contribution in [0.2, 0.25) is 0 Å². The molecule has 4 rings (SSSR count). The summed E-state index contributed by atoms with van der Waals surface area (Å²) in [5.74, 6) is 1.78. The van der Waals surface area contributed by atoms with Gasteiger partial charge in [-0.25, -0.2) is 0 Å². The minimum Gasteiger partial charge on any atom is -0.487 e. The third kappa shape index (κ3) is 3.49. The van der Waals surface area contributed by atoms with E-state index in [0.717, 1.165) is 40.6 Å². The van der Waals surface area contributed by atoms with Crippen LogP contribution in [0.4, 0.5) is 5.69 Å². The van der Waals surface area contributed by atoms with E-state index < -0.39 is 0 Å². The third-order valence-electron chi connectivity index (χ3n) is 3.78. The maximum atomic E-state index is 11.7. The summed E-state index contributed by atoms with van der Waals surface area (Å²) in [5, 5.41) is 8.92. The van der Waals surface area contributed by atoms with E-state index in [1.165, 1.54) is 0 Å². The van der Waals surface area contributed by atoms with Crippen LogP contribution in [-0.2, 0) is 11.4 Å². The number of rotatable bonds is 6. The molecule has 1 saturated carbocycles. The largest absolute Gasteiger partial charge is 0.487 e. The fourth-order valence-corrected chi connectivity index (χ4v) is 2.97. The molecule has 0 unspecified atom stereocenters. The number of nitrogens with one attached hydrogen (secondary N) is 1. The fourth-order valence-electron chi connectivity index (χ4n) is 2.30. The van der Waals surface area contributed by atoms with Crippen LogP contribution < -0.4 is 10.1 Å². The molecule has 0 atom stereocenters. The summed E-state index contributed by atoms with van der Waals surface area (Å²) < 4.78 is 11.0. The zero-order chi connectivity index (χ0) is 16.4. The lowest BCUT2D eigenvalue weighted by Crippen LogP contribution is -2.13. The number of aromatic nitrogens is 1. The van der Waals surface area contributed by atoms with Crippen LogP contribution in [0, 0.1) is 5.92 Å². The first-order chi connectivity index (χ1) is 11.8. The van der Waals surface area contributed by atoms with E-state index in [-0.39, 0.29) is 11.8 Å². The summed E-state index contributed by atoms with van der Waals surface area (Å²) in [7, 11) is 0. The number of hydrogen-bond acceptors (Lipinski definition) is 5. The van der Waals surface area contributed by atoms with Crippen LogP contribution in [0.15, 0.2) is 52.4 Å². The van der Waals surface area contributed by atoms with Crippen molar-refractivity contribution in [3.05, 3.63) is 53.5 Å². The van der Waals surface area contributed by atoms with E-state index in [1.807, 2.05) is 47.8 Å². The Morgan fingerprint density at radius 3 is 2.83 bits per heavy atom. The molecule has 1 fully saturated rings. The lowest BCUT2D eigenvalue weighted by atomic mass is 10.3. The van der Waals surface area contributed by atoms with Gasteiger partial charge in [0.05, 0.1) is 4.88 Å². The zero-order valence-corrected chi connectivity index (χ0v) is 13.7. The van der Waals surface area contributed by atoms with Gasteiger partial charge in [0, 0.05) is 17.7 Å². The second kappa shape index (κ2) is 6.49. The van der Waals surface area contributed by atoms with Crippen LogP contribution in [0.1, 0.15) is 18.5 Å². The Morgan fingerprint density at radius 2 is 2.12 bits per heavy atom. The molecule has 2 aromatic heterocycles. The Balaban J connectivity index is 1.33. The highest BCUT2D eigenvalue weighted by Gasteiger charge is 2.29. The van der Waals surface area contributed by atoms with Gasteiger partial charge in [0.15, 0.2) is 5.76 Å². The number of ether oxygens (including phenoxy) is 1. The summed E-state index contributed by atoms with van der Waals surface area (Å²) in [6, 6.07) is 13.2. The molecule has 0 bridgehead atoms. The normalized spacial score (nSPS) is 13.7. The van der Waals surface area contributed by atoms with Crippen LogP contribution in [0.25, 0.3) is 10.6 Å². The van der Waals surface area contributed by atoms with Crippen molar-refractivity contribution in [1.29, 1.82) is 0 Å². The molecule has 1 aliphatic rings. The first-order valence-corrected chi connectivity index (χ1v) is 8.69. The molecule has 0 spiro atoms. The highest BCUT2D eigenvalue weighted by molar-refractivity contribution is 7.13. The minimum atomic E-state index is 0.104. The SMILES string of the molecule is O=C(Nc1ccc(OCc2cc(-c3cccs3)on2)cc1)C1CC1. The van der Waals surface area contributed by atoms with Gasteiger partial charge in [-0.1, -0.05) is 11.2 Å². The van der Waals surface area contributed by atoms with Gasteiger partial charge in [-0.15, -0.1) is 11.3 Å². The number of carbonyl (C=O) groups is 1. The summed E-state index contributed by atoms with van der Waals surface area (Å²) in [4.78, 5) is 12.8. The summed E-state index contributed by atoms with van der Waals surface area (Å²) >= 11 is 1.61. The molecule has 0 radical (unpaired) electrons. The van der Waals surface area contributed by atoms with Gasteiger partial charge in [0.2, 0.25) is 5.91 Å². The average Bonchev–Trinajstić information content (AvgIpc) is 3.11. The van der Waals surface area contributed by atoms with Crippen LogP contribution in [0.3, 0.4) is 0 Å². The Kier molecular flexibility index (Phi) is 4.04. The topological polar surface area (TPSA) is 64.4 Å². The first-order valence-electron chi connectivity index (χ1n) is 7.81. The number of nitrogens with zero attached hydrogens (tertiary/aromatic N) is 1. The third-order valence-corrected chi connectivity index (χ3v) is 4.66. The molecule has 0 saturated heterocycles. The zero-order valence-electron chi connectivity index (χ0n) is 12.9. The molecule has 1 N–H and O–H groups in total. The highest BCUT2D eigenvalue weighted by Crippen LogP contribution is 2.30. The number of anilines is 1. The van der Waals surface area contributed by atoms with Crippen molar-refractivity contribution in [2.45, 2.75) is 19.4 Å². The van der Waals surface area contributed by atoms with Gasteiger partial charge in [-0.05, 0) is 48.6 Å². The number of thiophene rings is 1. The predicted octanol–water partition coefficient (Wildman–Crippen LogP) is 4.33. The Morgan fingerprint density at radius 1 is 1.29 bits per heavy atom. The van der Waals surface area contributed by atoms with Gasteiger partial charge in [-0.3, -0.25) is 4.79 Å². The van der Waals surface area contributed by atoms with E-state index >= 15 is 0 Å². The first kappa shape index (κ1) is 15.0. The van der Waals surface area contributed by atoms with Crippen molar-refractivity contribution in [3.63, 3.8) is 0 Å². The molecule has 2 heterocycles. The Hall–Kier alpha value is -2.60. The van der Waals surface area contributed by atoms with Gasteiger partial charge >= 0.3 is 0 Å². The molecule has 122 valence electrons. The van der Waals surface area contributed by atoms with Gasteiger partial charge in [0.25, 0.3) is 0 Å². The van der Waals surface area contributed by atoms with Crippen molar-refractivity contribution >= 4 is 22.9 Å². The summed E-state index contributed by atoms with van der Waals surface area (Å²) in [5.41, 5.74) is 1.53. The Bertz CT molecular complexity index is 820. The van der Waals surface area contributed by atoms with Crippen LogP contribution in [-0.4, -0.2) is 11.1 Å². The van der Waals surface area contributed by atoms with Gasteiger partial charge in [-0.2, -0.15) is 0 Å². The molecule has 3 aromatic rings. The Labute approximate surface area is 143 Å². The average molecular weight is 340 g/mol. The van der Waals surface area contributed by atoms with Crippen molar-refractivity contribution < 1.29 is 14.1 Å². The molecule has 5 nitrogen and oxygen atoms in total. The number of amides is 1. The quantitative estimate of drug-likeness (QED) is 0.725. The summed E-state index contributed by atoms with van der Waals surface area (Å²) in [6.45, 7) is 0.336. The van der Waals surface area contributed by atoms with Gasteiger partial charge < -0.3 is 14.6 Å². The second-order valence-corrected chi connectivity index (χ2v) is 6.68. The van der Waals surface area contributed by atoms with E-state index in [4.69, 9.17) is 9.26 Å². The number of hydrogen-bond donors (Lipinski definition) is 1. The van der Waals surface area contributed by atoms with Crippen molar-refractivity contribution in [2.75, 3.05) is 5.32 Å². The lowest BCUT2D eigenvalue weighted by molar-refractivity contribution is -0.117. The smallest absolute Gasteiger partial charge is 0.227 e. The monoisotopic (exact) mass is 340 g/mol. The van der Waals surface area contributed by atoms with Gasteiger partial charge in [0.1, 0.15) is 18.1 Å². The van der Waals surface area contributed by atoms with E-state index in [0.29, 0.717) is 6.61 Å². The van der Waals surface area contributed by atoms with Crippen molar-refractivity contribution in [3.8, 4) is 16.4 Å². The van der Waals surface area contributed by atoms with E-state index in [2.05, 4.69) is 10.5 Å². The minimum absolute atomic E-state index is 0.104. The molecule has 24 heavy (non-hydrogen) atoms. The van der Waals surface area contributed by atoms with Crippen molar-refractivity contribution in [1.82, 2.24) is 5.16 Å². The summed E-state index contributed by atoms with van der Waals surface area (Å²) in [6.07, 6.45) is 2.00. The highest BCUT2D eigenvalue weighted by atomic mass is 32.1. The maximum Gasteiger partial charge on any atom is 0.227 e. The molecule has 0 aliphatic heterocycles. The molecule has 1 aliphatic carbocycles. The van der Waals surface area contributed by atoms with E-state index in [1.54, 1.807) is 11.3 Å². The molecule has 1 aromatic carbocycles. The predicted molar refractivity (Wildman–Crippen MR) is 91.9 cm³/mol.